The van der Waals surface area contributed by atoms with Crippen LogP contribution in [0.5, 0.6) is 0 Å². The Morgan fingerprint density at radius 3 is 1.92 bits per heavy atom. The predicted molar refractivity (Wildman–Crippen MR) is 167 cm³/mol. The second-order valence-electron chi connectivity index (χ2n) is 12.4. The molecule has 1 nitrogen and oxygen atoms in total. The van der Waals surface area contributed by atoms with Crippen molar-refractivity contribution in [3.8, 4) is 27.9 Å². The van der Waals surface area contributed by atoms with E-state index in [2.05, 4.69) is 149 Å². The Morgan fingerprint density at radius 2 is 1.15 bits per heavy atom. The zero-order chi connectivity index (χ0) is 27.1. The van der Waals surface area contributed by atoms with Crippen LogP contribution in [0.1, 0.15) is 49.9 Å². The molecule has 0 spiro atoms. The van der Waals surface area contributed by atoms with E-state index in [1.54, 1.807) is 0 Å². The molecule has 0 aliphatic heterocycles. The molecule has 0 radical (unpaired) electrons. The van der Waals surface area contributed by atoms with Gasteiger partial charge in [0.25, 0.3) is 0 Å². The van der Waals surface area contributed by atoms with Crippen LogP contribution in [0.15, 0.2) is 103 Å². The van der Waals surface area contributed by atoms with Gasteiger partial charge in [-0.3, -0.25) is 0 Å². The monoisotopic (exact) mass is 505 g/mol. The van der Waals surface area contributed by atoms with E-state index >= 15 is 0 Å². The molecule has 0 fully saturated rings. The Labute approximate surface area is 231 Å². The Balaban J connectivity index is 1.52. The molecule has 1 heterocycles. The summed E-state index contributed by atoms with van der Waals surface area (Å²) in [6.45, 7) is 14.1. The third kappa shape index (κ3) is 3.32. The number of nitrogens with zero attached hydrogens (tertiary/aromatic N) is 1. The summed E-state index contributed by atoms with van der Waals surface area (Å²) in [6.07, 6.45) is 0. The third-order valence-corrected chi connectivity index (χ3v) is 9.77. The van der Waals surface area contributed by atoms with Crippen molar-refractivity contribution in [1.82, 2.24) is 4.57 Å². The van der Waals surface area contributed by atoms with Crippen molar-refractivity contribution in [1.29, 1.82) is 0 Å². The maximum atomic E-state index is 2.47. The molecule has 39 heavy (non-hydrogen) atoms. The van der Waals surface area contributed by atoms with Crippen LogP contribution in [0.25, 0.3) is 49.7 Å². The molecular formula is C38H35N. The fraction of sp³-hybridized carbons (Fsp3) is 0.211. The van der Waals surface area contributed by atoms with Gasteiger partial charge in [-0.05, 0) is 87.9 Å². The minimum atomic E-state index is -0.0375. The number of rotatable bonds is 2. The molecule has 0 amide bonds. The quantitative estimate of drug-likeness (QED) is 0.221. The van der Waals surface area contributed by atoms with Crippen LogP contribution in [0.2, 0.25) is 0 Å². The minimum absolute atomic E-state index is 0.00118. The summed E-state index contributed by atoms with van der Waals surface area (Å²) in [7, 11) is 0. The van der Waals surface area contributed by atoms with Gasteiger partial charge in [0.2, 0.25) is 0 Å². The highest BCUT2D eigenvalue weighted by atomic mass is 15.0. The van der Waals surface area contributed by atoms with Gasteiger partial charge in [0.1, 0.15) is 0 Å². The van der Waals surface area contributed by atoms with Crippen molar-refractivity contribution in [2.45, 2.75) is 52.4 Å². The van der Waals surface area contributed by atoms with Gasteiger partial charge in [-0.25, -0.2) is 0 Å². The molecule has 1 aliphatic rings. The Kier molecular flexibility index (Phi) is 5.04. The summed E-state index contributed by atoms with van der Waals surface area (Å²) in [5.41, 5.74) is 14.5. The van der Waals surface area contributed by atoms with E-state index in [4.69, 9.17) is 0 Å². The van der Waals surface area contributed by atoms with Crippen LogP contribution in [-0.2, 0) is 10.8 Å². The highest BCUT2D eigenvalue weighted by molar-refractivity contribution is 6.10. The predicted octanol–water partition coefficient (Wildman–Crippen LogP) is 10.3. The van der Waals surface area contributed by atoms with Crippen LogP contribution < -0.4 is 0 Å². The zero-order valence-corrected chi connectivity index (χ0v) is 23.8. The molecule has 192 valence electrons. The molecule has 7 rings (SSSR count). The molecule has 5 aromatic carbocycles. The largest absolute Gasteiger partial charge is 0.309 e. The van der Waals surface area contributed by atoms with Crippen molar-refractivity contribution < 1.29 is 0 Å². The lowest BCUT2D eigenvalue weighted by Crippen LogP contribution is -2.43. The van der Waals surface area contributed by atoms with Crippen LogP contribution in [0, 0.1) is 13.8 Å². The van der Waals surface area contributed by atoms with E-state index in [0.29, 0.717) is 0 Å². The van der Waals surface area contributed by atoms with Gasteiger partial charge in [0, 0.05) is 16.5 Å². The van der Waals surface area contributed by atoms with E-state index in [9.17, 15) is 0 Å². The average Bonchev–Trinajstić information content (AvgIpc) is 3.26. The molecule has 0 N–H and O–H groups in total. The number of para-hydroxylation sites is 1. The number of fused-ring (bicyclic) bond motifs is 6. The number of aryl methyl sites for hydroxylation is 2. The summed E-state index contributed by atoms with van der Waals surface area (Å²) in [4.78, 5) is 0. The number of benzene rings is 5. The van der Waals surface area contributed by atoms with Crippen LogP contribution >= 0.6 is 0 Å². The molecule has 0 unspecified atom stereocenters. The van der Waals surface area contributed by atoms with E-state index in [1.165, 1.54) is 72.0 Å². The van der Waals surface area contributed by atoms with Gasteiger partial charge in [0.15, 0.2) is 0 Å². The normalized spacial score (nSPS) is 15.3. The van der Waals surface area contributed by atoms with Crippen LogP contribution in [0.4, 0.5) is 0 Å². The second kappa shape index (κ2) is 8.20. The van der Waals surface area contributed by atoms with Crippen LogP contribution in [0.3, 0.4) is 0 Å². The van der Waals surface area contributed by atoms with E-state index < -0.39 is 0 Å². The number of aromatic nitrogens is 1. The van der Waals surface area contributed by atoms with Gasteiger partial charge in [0.05, 0.1) is 11.0 Å². The first-order valence-electron chi connectivity index (χ1n) is 14.0. The molecule has 0 saturated carbocycles. The Morgan fingerprint density at radius 1 is 0.513 bits per heavy atom. The van der Waals surface area contributed by atoms with Gasteiger partial charge in [-0.15, -0.1) is 0 Å². The van der Waals surface area contributed by atoms with Gasteiger partial charge >= 0.3 is 0 Å². The molecule has 1 aromatic heterocycles. The molecule has 0 bridgehead atoms. The summed E-state index contributed by atoms with van der Waals surface area (Å²) < 4.78 is 2.47. The first-order chi connectivity index (χ1) is 18.7. The SMILES string of the molecule is Cc1ccc2c(c1)C(C)(C)C(C)(C)c1cc(-n3c4ccccc4c4ccc(-c5ccccc5C)cc43)ccc1-2. The summed E-state index contributed by atoms with van der Waals surface area (Å²) in [5, 5.41) is 2.59. The van der Waals surface area contributed by atoms with Gasteiger partial charge in [-0.1, -0.05) is 112 Å². The van der Waals surface area contributed by atoms with Crippen molar-refractivity contribution in [3.63, 3.8) is 0 Å². The van der Waals surface area contributed by atoms with Gasteiger partial charge < -0.3 is 4.57 Å². The van der Waals surface area contributed by atoms with Crippen molar-refractivity contribution >= 4 is 21.8 Å². The molecule has 0 atom stereocenters. The highest BCUT2D eigenvalue weighted by Crippen LogP contribution is 2.54. The second-order valence-corrected chi connectivity index (χ2v) is 12.4. The first-order valence-corrected chi connectivity index (χ1v) is 14.0. The van der Waals surface area contributed by atoms with Crippen molar-refractivity contribution in [2.75, 3.05) is 0 Å². The molecule has 6 aromatic rings. The summed E-state index contributed by atoms with van der Waals surface area (Å²) in [6, 6.07) is 38.6. The van der Waals surface area contributed by atoms with Gasteiger partial charge in [-0.2, -0.15) is 0 Å². The van der Waals surface area contributed by atoms with Crippen molar-refractivity contribution in [2.24, 2.45) is 0 Å². The first kappa shape index (κ1) is 24.0. The topological polar surface area (TPSA) is 4.93 Å². The number of hydrogen-bond donors (Lipinski definition) is 0. The minimum Gasteiger partial charge on any atom is -0.309 e. The maximum absolute atomic E-state index is 2.47. The average molecular weight is 506 g/mol. The lowest BCUT2D eigenvalue weighted by atomic mass is 9.55. The fourth-order valence-corrected chi connectivity index (χ4v) is 6.82. The maximum Gasteiger partial charge on any atom is 0.0547 e. The van der Waals surface area contributed by atoms with Crippen molar-refractivity contribution in [3.05, 3.63) is 125 Å². The standard InChI is InChI=1S/C38H35N/c1-24-15-18-29-30-20-17-27(23-34(30)38(5,6)37(3,4)33(29)21-24)39-35-14-10-9-13-31(35)32-19-16-26(22-36(32)39)28-12-8-7-11-25(28)2/h7-23H,1-6H3. The molecule has 1 heteroatoms. The molecule has 1 aliphatic carbocycles. The van der Waals surface area contributed by atoms with E-state index in [0.717, 1.165) is 0 Å². The third-order valence-electron chi connectivity index (χ3n) is 9.77. The fourth-order valence-electron chi connectivity index (χ4n) is 6.82. The van der Waals surface area contributed by atoms with E-state index in [1.807, 2.05) is 0 Å². The summed E-state index contributed by atoms with van der Waals surface area (Å²) in [5.74, 6) is 0. The lowest BCUT2D eigenvalue weighted by Gasteiger charge is -2.48. The highest BCUT2D eigenvalue weighted by Gasteiger charge is 2.46. The zero-order valence-electron chi connectivity index (χ0n) is 23.8. The van der Waals surface area contributed by atoms with Crippen LogP contribution in [-0.4, -0.2) is 4.57 Å². The molecular weight excluding hydrogens is 470 g/mol. The Bertz CT molecular complexity index is 1930. The Hall–Kier alpha value is -4.10. The number of hydrogen-bond acceptors (Lipinski definition) is 0. The lowest BCUT2D eigenvalue weighted by molar-refractivity contribution is 0.299. The molecule has 0 saturated heterocycles. The summed E-state index contributed by atoms with van der Waals surface area (Å²) >= 11 is 0. The van der Waals surface area contributed by atoms with E-state index in [-0.39, 0.29) is 10.8 Å². The smallest absolute Gasteiger partial charge is 0.0547 e.